The molecule has 1 aromatic carbocycles. The average molecular weight is 308 g/mol. The molecule has 1 aromatic heterocycles. The molecule has 0 amide bonds. The lowest BCUT2D eigenvalue weighted by molar-refractivity contribution is 0.542. The van der Waals surface area contributed by atoms with Gasteiger partial charge in [-0.05, 0) is 37.2 Å². The van der Waals surface area contributed by atoms with Gasteiger partial charge in [-0.25, -0.2) is 0 Å². The van der Waals surface area contributed by atoms with Crippen LogP contribution in [-0.2, 0) is 6.54 Å². The molecule has 3 nitrogen and oxygen atoms in total. The van der Waals surface area contributed by atoms with Crippen LogP contribution >= 0.6 is 15.9 Å². The molecule has 0 fully saturated rings. The van der Waals surface area contributed by atoms with Gasteiger partial charge in [0.2, 0.25) is 0 Å². The van der Waals surface area contributed by atoms with Gasteiger partial charge in [0.1, 0.15) is 0 Å². The summed E-state index contributed by atoms with van der Waals surface area (Å²) in [5.74, 6) is 0. The zero-order valence-corrected chi connectivity index (χ0v) is 12.3. The first kappa shape index (κ1) is 13.3. The number of rotatable bonds is 5. The Morgan fingerprint density at radius 2 is 2.17 bits per heavy atom. The first-order chi connectivity index (χ1) is 8.76. The van der Waals surface area contributed by atoms with E-state index in [0.29, 0.717) is 0 Å². The Hall–Kier alpha value is -1.13. The van der Waals surface area contributed by atoms with E-state index in [1.807, 2.05) is 16.9 Å². The van der Waals surface area contributed by atoms with Crippen LogP contribution in [0.2, 0.25) is 0 Å². The van der Waals surface area contributed by atoms with Crippen LogP contribution in [0.4, 0.5) is 0 Å². The van der Waals surface area contributed by atoms with Gasteiger partial charge in [-0.1, -0.05) is 35.0 Å². The number of hydrogen-bond donors (Lipinski definition) is 1. The quantitative estimate of drug-likeness (QED) is 0.918. The third-order valence-corrected chi connectivity index (χ3v) is 3.43. The summed E-state index contributed by atoms with van der Waals surface area (Å²) in [5, 5.41) is 7.87. The van der Waals surface area contributed by atoms with Gasteiger partial charge in [-0.3, -0.25) is 4.68 Å². The van der Waals surface area contributed by atoms with E-state index in [4.69, 9.17) is 0 Å². The molecule has 2 rings (SSSR count). The normalized spacial score (nSPS) is 12.6. The minimum atomic E-state index is 0.190. The van der Waals surface area contributed by atoms with Crippen molar-refractivity contribution in [3.8, 4) is 0 Å². The van der Waals surface area contributed by atoms with Crippen LogP contribution in [-0.4, -0.2) is 16.3 Å². The molecule has 0 aliphatic rings. The summed E-state index contributed by atoms with van der Waals surface area (Å²) in [4.78, 5) is 0. The van der Waals surface area contributed by atoms with E-state index in [1.54, 1.807) is 0 Å². The first-order valence-electron chi connectivity index (χ1n) is 6.26. The van der Waals surface area contributed by atoms with Gasteiger partial charge in [0.05, 0.1) is 11.7 Å². The fourth-order valence-electron chi connectivity index (χ4n) is 2.14. The largest absolute Gasteiger partial charge is 0.305 e. The summed E-state index contributed by atoms with van der Waals surface area (Å²) in [7, 11) is 0. The van der Waals surface area contributed by atoms with Gasteiger partial charge in [0.25, 0.3) is 0 Å². The molecule has 4 heteroatoms. The Kier molecular flexibility index (Phi) is 4.55. The van der Waals surface area contributed by atoms with Gasteiger partial charge < -0.3 is 5.32 Å². The van der Waals surface area contributed by atoms with Crippen molar-refractivity contribution in [2.75, 3.05) is 6.54 Å². The summed E-state index contributed by atoms with van der Waals surface area (Å²) < 4.78 is 3.14. The highest BCUT2D eigenvalue weighted by molar-refractivity contribution is 9.10. The number of aromatic nitrogens is 2. The average Bonchev–Trinajstić information content (AvgIpc) is 2.84. The predicted molar refractivity (Wildman–Crippen MR) is 77.6 cm³/mol. The number of benzene rings is 1. The SMILES string of the molecule is CCNC(c1cccc(Br)c1)c1ccnn1CC. The Labute approximate surface area is 116 Å². The smallest absolute Gasteiger partial charge is 0.0748 e. The molecule has 1 heterocycles. The number of nitrogens with zero attached hydrogens (tertiary/aromatic N) is 2. The minimum Gasteiger partial charge on any atom is -0.305 e. The summed E-state index contributed by atoms with van der Waals surface area (Å²) in [5.41, 5.74) is 2.46. The molecule has 0 aliphatic heterocycles. The van der Waals surface area contributed by atoms with E-state index < -0.39 is 0 Å². The van der Waals surface area contributed by atoms with Crippen molar-refractivity contribution >= 4 is 15.9 Å². The topological polar surface area (TPSA) is 29.9 Å². The van der Waals surface area contributed by atoms with Crippen molar-refractivity contribution in [3.05, 3.63) is 52.3 Å². The molecule has 0 aliphatic carbocycles. The molecule has 0 saturated heterocycles. The zero-order valence-electron chi connectivity index (χ0n) is 10.7. The van der Waals surface area contributed by atoms with E-state index in [9.17, 15) is 0 Å². The van der Waals surface area contributed by atoms with Gasteiger partial charge in [0.15, 0.2) is 0 Å². The molecule has 0 saturated carbocycles. The molecule has 96 valence electrons. The molecule has 18 heavy (non-hydrogen) atoms. The first-order valence-corrected chi connectivity index (χ1v) is 7.06. The van der Waals surface area contributed by atoms with Crippen LogP contribution < -0.4 is 5.32 Å². The summed E-state index contributed by atoms with van der Waals surface area (Å²) in [6, 6.07) is 10.7. The highest BCUT2D eigenvalue weighted by Gasteiger charge is 2.16. The highest BCUT2D eigenvalue weighted by atomic mass is 79.9. The number of hydrogen-bond acceptors (Lipinski definition) is 2. The molecular formula is C14H18BrN3. The molecule has 2 aromatic rings. The predicted octanol–water partition coefficient (Wildman–Crippen LogP) is 3.36. The van der Waals surface area contributed by atoms with Crippen molar-refractivity contribution < 1.29 is 0 Å². The fraction of sp³-hybridized carbons (Fsp3) is 0.357. The van der Waals surface area contributed by atoms with E-state index >= 15 is 0 Å². The van der Waals surface area contributed by atoms with E-state index in [0.717, 1.165) is 17.6 Å². The number of halogens is 1. The third kappa shape index (κ3) is 2.82. The Morgan fingerprint density at radius 1 is 1.33 bits per heavy atom. The van der Waals surface area contributed by atoms with Gasteiger partial charge >= 0.3 is 0 Å². The lowest BCUT2D eigenvalue weighted by Gasteiger charge is -2.19. The van der Waals surface area contributed by atoms with Gasteiger partial charge in [-0.2, -0.15) is 5.10 Å². The summed E-state index contributed by atoms with van der Waals surface area (Å²) >= 11 is 3.53. The maximum atomic E-state index is 4.35. The third-order valence-electron chi connectivity index (χ3n) is 2.93. The molecule has 0 spiro atoms. The van der Waals surface area contributed by atoms with Gasteiger partial charge in [0, 0.05) is 17.2 Å². The van der Waals surface area contributed by atoms with E-state index in [-0.39, 0.29) is 6.04 Å². The minimum absolute atomic E-state index is 0.190. The molecule has 1 N–H and O–H groups in total. The van der Waals surface area contributed by atoms with Crippen LogP contribution in [0.15, 0.2) is 41.0 Å². The van der Waals surface area contributed by atoms with Crippen LogP contribution in [0.1, 0.15) is 31.1 Å². The maximum Gasteiger partial charge on any atom is 0.0748 e. The fourth-order valence-corrected chi connectivity index (χ4v) is 2.55. The molecule has 1 atom stereocenters. The van der Waals surface area contributed by atoms with Crippen LogP contribution in [0.5, 0.6) is 0 Å². The molecular weight excluding hydrogens is 290 g/mol. The molecule has 0 radical (unpaired) electrons. The van der Waals surface area contributed by atoms with Crippen molar-refractivity contribution in [2.45, 2.75) is 26.4 Å². The second kappa shape index (κ2) is 6.16. The Balaban J connectivity index is 2.39. The van der Waals surface area contributed by atoms with Crippen LogP contribution in [0.25, 0.3) is 0 Å². The Bertz CT molecular complexity index is 507. The number of nitrogens with one attached hydrogen (secondary N) is 1. The summed E-state index contributed by atoms with van der Waals surface area (Å²) in [6.45, 7) is 6.04. The highest BCUT2D eigenvalue weighted by Crippen LogP contribution is 2.24. The lowest BCUT2D eigenvalue weighted by atomic mass is 10.0. The summed E-state index contributed by atoms with van der Waals surface area (Å²) in [6.07, 6.45) is 1.86. The van der Waals surface area contributed by atoms with E-state index in [2.05, 4.69) is 64.5 Å². The maximum absolute atomic E-state index is 4.35. The van der Waals surface area contributed by atoms with Crippen molar-refractivity contribution in [1.29, 1.82) is 0 Å². The zero-order chi connectivity index (χ0) is 13.0. The monoisotopic (exact) mass is 307 g/mol. The Morgan fingerprint density at radius 3 is 2.83 bits per heavy atom. The van der Waals surface area contributed by atoms with Gasteiger partial charge in [-0.15, -0.1) is 0 Å². The van der Waals surface area contributed by atoms with E-state index in [1.165, 1.54) is 11.3 Å². The van der Waals surface area contributed by atoms with Crippen molar-refractivity contribution in [1.82, 2.24) is 15.1 Å². The van der Waals surface area contributed by atoms with Crippen LogP contribution in [0.3, 0.4) is 0 Å². The van der Waals surface area contributed by atoms with Crippen molar-refractivity contribution in [2.24, 2.45) is 0 Å². The molecule has 1 unspecified atom stereocenters. The van der Waals surface area contributed by atoms with Crippen molar-refractivity contribution in [3.63, 3.8) is 0 Å². The second-order valence-corrected chi connectivity index (χ2v) is 5.03. The standard InChI is InChI=1S/C14H18BrN3/c1-3-16-14(11-6-5-7-12(15)10-11)13-8-9-17-18(13)4-2/h5-10,14,16H,3-4H2,1-2H3. The van der Waals surface area contributed by atoms with Crippen LogP contribution in [0, 0.1) is 0 Å². The second-order valence-electron chi connectivity index (χ2n) is 4.12. The molecule has 0 bridgehead atoms. The number of aryl methyl sites for hydroxylation is 1. The lowest BCUT2D eigenvalue weighted by Crippen LogP contribution is -2.24.